The first-order chi connectivity index (χ1) is 10.8. The van der Waals surface area contributed by atoms with Crippen LogP contribution >= 0.6 is 12.2 Å². The lowest BCUT2D eigenvalue weighted by Crippen LogP contribution is -2.23. The first kappa shape index (κ1) is 16.7. The summed E-state index contributed by atoms with van der Waals surface area (Å²) in [5.41, 5.74) is 2.13. The molecular formula is C14H12F2N4O2S. The molecule has 23 heavy (non-hydrogen) atoms. The van der Waals surface area contributed by atoms with E-state index in [1.165, 1.54) is 13.0 Å². The highest BCUT2D eigenvalue weighted by atomic mass is 32.1. The molecule has 0 radical (unpaired) electrons. The zero-order valence-corrected chi connectivity index (χ0v) is 12.8. The van der Waals surface area contributed by atoms with Crippen LogP contribution in [0.15, 0.2) is 34.2 Å². The summed E-state index contributed by atoms with van der Waals surface area (Å²) in [7, 11) is 0. The molecule has 1 aromatic heterocycles. The van der Waals surface area contributed by atoms with Crippen molar-refractivity contribution in [2.24, 2.45) is 5.10 Å². The number of hydrogen-bond acceptors (Lipinski definition) is 4. The van der Waals surface area contributed by atoms with Crippen LogP contribution in [0.4, 0.5) is 8.78 Å². The van der Waals surface area contributed by atoms with Crippen LogP contribution in [-0.2, 0) is 11.2 Å². The number of carbonyl (C=O) groups is 1. The van der Waals surface area contributed by atoms with Crippen LogP contribution in [0.5, 0.6) is 0 Å². The van der Waals surface area contributed by atoms with Crippen LogP contribution < -0.4 is 11.0 Å². The van der Waals surface area contributed by atoms with Crippen molar-refractivity contribution < 1.29 is 13.6 Å². The summed E-state index contributed by atoms with van der Waals surface area (Å²) in [6.45, 7) is 1.43. The molecule has 0 fully saturated rings. The van der Waals surface area contributed by atoms with Gasteiger partial charge in [-0.05, 0) is 37.3 Å². The van der Waals surface area contributed by atoms with Gasteiger partial charge in [-0.25, -0.2) is 14.2 Å². The number of rotatable bonds is 4. The van der Waals surface area contributed by atoms with Crippen molar-refractivity contribution in [2.75, 3.05) is 0 Å². The lowest BCUT2D eigenvalue weighted by atomic mass is 10.1. The van der Waals surface area contributed by atoms with Gasteiger partial charge in [-0.15, -0.1) is 0 Å². The molecule has 0 bridgehead atoms. The normalized spacial score (nSPS) is 11.3. The van der Waals surface area contributed by atoms with E-state index in [9.17, 15) is 18.4 Å². The Hall–Kier alpha value is -2.68. The number of nitrogens with one attached hydrogen (secondary N) is 3. The van der Waals surface area contributed by atoms with Gasteiger partial charge in [-0.1, -0.05) is 0 Å². The Morgan fingerprint density at radius 2 is 2.04 bits per heavy atom. The molecule has 1 aromatic carbocycles. The predicted molar refractivity (Wildman–Crippen MR) is 82.7 cm³/mol. The first-order valence-corrected chi connectivity index (χ1v) is 6.87. The van der Waals surface area contributed by atoms with Gasteiger partial charge >= 0.3 is 0 Å². The second kappa shape index (κ2) is 7.05. The molecule has 0 atom stereocenters. The monoisotopic (exact) mass is 338 g/mol. The number of H-pyrrole nitrogens is 2. The molecule has 120 valence electrons. The largest absolute Gasteiger partial charge is 0.335 e. The molecule has 6 nitrogen and oxygen atoms in total. The van der Waals surface area contributed by atoms with E-state index in [4.69, 9.17) is 12.2 Å². The second-order valence-corrected chi connectivity index (χ2v) is 5.05. The van der Waals surface area contributed by atoms with Crippen molar-refractivity contribution in [3.8, 4) is 0 Å². The minimum atomic E-state index is -0.652. The number of nitrogens with zero attached hydrogens (tertiary/aromatic N) is 1. The molecule has 3 N–H and O–H groups in total. The minimum Gasteiger partial charge on any atom is -0.335 e. The molecule has 1 heterocycles. The van der Waals surface area contributed by atoms with Crippen LogP contribution in [-0.4, -0.2) is 21.6 Å². The SMILES string of the molecule is C/C(=N/NC(=O)Cc1cc(=O)[nH]c(=S)[nH]1)c1cc(F)ccc1F. The van der Waals surface area contributed by atoms with Crippen molar-refractivity contribution in [1.82, 2.24) is 15.4 Å². The van der Waals surface area contributed by atoms with Crippen molar-refractivity contribution in [1.29, 1.82) is 0 Å². The van der Waals surface area contributed by atoms with E-state index in [0.717, 1.165) is 18.2 Å². The molecule has 0 unspecified atom stereocenters. The Kier molecular flexibility index (Phi) is 5.12. The van der Waals surface area contributed by atoms with Gasteiger partial charge < -0.3 is 4.98 Å². The molecule has 0 spiro atoms. The highest BCUT2D eigenvalue weighted by molar-refractivity contribution is 7.71. The smallest absolute Gasteiger partial charge is 0.251 e. The number of aromatic amines is 2. The molecule has 0 aliphatic carbocycles. The van der Waals surface area contributed by atoms with Crippen molar-refractivity contribution in [2.45, 2.75) is 13.3 Å². The van der Waals surface area contributed by atoms with Crippen LogP contribution in [0.3, 0.4) is 0 Å². The number of carbonyl (C=O) groups excluding carboxylic acids is 1. The summed E-state index contributed by atoms with van der Waals surface area (Å²) in [5, 5.41) is 3.72. The average Bonchev–Trinajstić information content (AvgIpc) is 2.46. The molecule has 2 aromatic rings. The van der Waals surface area contributed by atoms with Crippen LogP contribution in [0, 0.1) is 16.4 Å². The first-order valence-electron chi connectivity index (χ1n) is 6.46. The van der Waals surface area contributed by atoms with Gasteiger partial charge in [0.15, 0.2) is 4.77 Å². The van der Waals surface area contributed by atoms with Gasteiger partial charge in [0.25, 0.3) is 5.56 Å². The quantitative estimate of drug-likeness (QED) is 0.451. The molecule has 9 heteroatoms. The highest BCUT2D eigenvalue weighted by Crippen LogP contribution is 2.10. The topological polar surface area (TPSA) is 90.1 Å². The zero-order chi connectivity index (χ0) is 17.0. The van der Waals surface area contributed by atoms with E-state index in [1.54, 1.807) is 0 Å². The molecule has 2 rings (SSSR count). The Morgan fingerprint density at radius 1 is 1.30 bits per heavy atom. The van der Waals surface area contributed by atoms with Crippen molar-refractivity contribution in [3.05, 3.63) is 62.3 Å². The van der Waals surface area contributed by atoms with E-state index >= 15 is 0 Å². The third-order valence-corrected chi connectivity index (χ3v) is 3.04. The molecular weight excluding hydrogens is 326 g/mol. The molecule has 0 saturated carbocycles. The zero-order valence-electron chi connectivity index (χ0n) is 11.9. The molecule has 0 aliphatic rings. The highest BCUT2D eigenvalue weighted by Gasteiger charge is 2.08. The van der Waals surface area contributed by atoms with E-state index in [2.05, 4.69) is 20.5 Å². The summed E-state index contributed by atoms with van der Waals surface area (Å²) in [5.74, 6) is -1.81. The molecule has 0 saturated heterocycles. The summed E-state index contributed by atoms with van der Waals surface area (Å²) in [6, 6.07) is 4.13. The van der Waals surface area contributed by atoms with Crippen LogP contribution in [0.25, 0.3) is 0 Å². The lowest BCUT2D eigenvalue weighted by molar-refractivity contribution is -0.120. The third kappa shape index (κ3) is 4.65. The van der Waals surface area contributed by atoms with Gasteiger partial charge in [-0.3, -0.25) is 14.6 Å². The number of benzene rings is 1. The number of halogens is 2. The predicted octanol–water partition coefficient (Wildman–Crippen LogP) is 1.79. The molecule has 0 aliphatic heterocycles. The van der Waals surface area contributed by atoms with Gasteiger partial charge in [0, 0.05) is 17.3 Å². The van der Waals surface area contributed by atoms with Crippen molar-refractivity contribution in [3.63, 3.8) is 0 Å². The Bertz CT molecular complexity index is 861. The number of aromatic nitrogens is 2. The standard InChI is InChI=1S/C14H12F2N4O2S/c1-7(10-4-8(15)2-3-11(10)16)19-20-13(22)6-9-5-12(21)18-14(23)17-9/h2-5H,6H2,1H3,(H,20,22)(H2,17,18,21,23)/b19-7-. The maximum absolute atomic E-state index is 13.6. The summed E-state index contributed by atoms with van der Waals surface area (Å²) in [6.07, 6.45) is -0.171. The number of amides is 1. The average molecular weight is 338 g/mol. The third-order valence-electron chi connectivity index (χ3n) is 2.83. The van der Waals surface area contributed by atoms with E-state index in [1.807, 2.05) is 0 Å². The summed E-state index contributed by atoms with van der Waals surface area (Å²) < 4.78 is 26.8. The summed E-state index contributed by atoms with van der Waals surface area (Å²) in [4.78, 5) is 28.0. The van der Waals surface area contributed by atoms with E-state index < -0.39 is 23.1 Å². The Balaban J connectivity index is 2.09. The van der Waals surface area contributed by atoms with Crippen LogP contribution in [0.1, 0.15) is 18.2 Å². The van der Waals surface area contributed by atoms with Crippen molar-refractivity contribution >= 4 is 23.8 Å². The minimum absolute atomic E-state index is 0.0548. The maximum atomic E-state index is 13.6. The van der Waals surface area contributed by atoms with E-state index in [-0.39, 0.29) is 22.5 Å². The van der Waals surface area contributed by atoms with Gasteiger partial charge in [0.05, 0.1) is 12.1 Å². The van der Waals surface area contributed by atoms with Gasteiger partial charge in [0.2, 0.25) is 5.91 Å². The number of hydrogen-bond donors (Lipinski definition) is 3. The Morgan fingerprint density at radius 3 is 2.74 bits per heavy atom. The summed E-state index contributed by atoms with van der Waals surface area (Å²) >= 11 is 4.79. The fourth-order valence-corrected chi connectivity index (χ4v) is 2.04. The van der Waals surface area contributed by atoms with E-state index in [0.29, 0.717) is 5.69 Å². The van der Waals surface area contributed by atoms with Gasteiger partial charge in [0.1, 0.15) is 11.6 Å². The Labute approximate surface area is 134 Å². The van der Waals surface area contributed by atoms with Crippen LogP contribution in [0.2, 0.25) is 0 Å². The molecule has 1 amide bonds. The second-order valence-electron chi connectivity index (χ2n) is 4.65. The lowest BCUT2D eigenvalue weighted by Gasteiger charge is -2.04. The maximum Gasteiger partial charge on any atom is 0.251 e. The van der Waals surface area contributed by atoms with Gasteiger partial charge in [-0.2, -0.15) is 5.10 Å². The fraction of sp³-hybridized carbons (Fsp3) is 0.143. The fourth-order valence-electron chi connectivity index (χ4n) is 1.81. The number of hydrazone groups is 1.